The Bertz CT molecular complexity index is 991. The number of carboxylic acid groups (broad SMARTS) is 1. The highest BCUT2D eigenvalue weighted by Gasteiger charge is 2.45. The first-order valence-corrected chi connectivity index (χ1v) is 12.5. The predicted octanol–water partition coefficient (Wildman–Crippen LogP) is 3.97. The fourth-order valence-electron chi connectivity index (χ4n) is 5.21. The zero-order valence-corrected chi connectivity index (χ0v) is 20.1. The lowest BCUT2D eigenvalue weighted by Crippen LogP contribution is -2.50. The molecule has 4 atom stereocenters. The Kier molecular flexibility index (Phi) is 9.33. The molecule has 2 N–H and O–H groups in total. The summed E-state index contributed by atoms with van der Waals surface area (Å²) >= 11 is 0. The van der Waals surface area contributed by atoms with Crippen LogP contribution in [0.2, 0.25) is 0 Å². The number of morpholine rings is 1. The zero-order chi connectivity index (χ0) is 24.5. The smallest absolute Gasteiger partial charge is 0.304 e. The minimum absolute atomic E-state index is 0.0326. The number of aliphatic hydroxyl groups excluding tert-OH is 1. The van der Waals surface area contributed by atoms with E-state index in [0.29, 0.717) is 39.1 Å². The molecule has 2 aliphatic rings. The number of carboxylic acids is 1. The second-order valence-electron chi connectivity index (χ2n) is 9.30. The van der Waals surface area contributed by atoms with E-state index in [2.05, 4.69) is 53.1 Å². The Hall–Kier alpha value is -2.69. The largest absolute Gasteiger partial charge is 0.481 e. The fraction of sp³-hybridized carbons (Fsp3) is 0.483. The van der Waals surface area contributed by atoms with Crippen LogP contribution in [0.1, 0.15) is 37.7 Å². The van der Waals surface area contributed by atoms with Crippen molar-refractivity contribution in [2.45, 2.75) is 57.0 Å². The summed E-state index contributed by atoms with van der Waals surface area (Å²) in [5.74, 6) is 5.44. The van der Waals surface area contributed by atoms with Gasteiger partial charge in [0, 0.05) is 44.3 Å². The summed E-state index contributed by atoms with van der Waals surface area (Å²) in [4.78, 5) is 13.0. The number of nitrogens with zero attached hydrogens (tertiary/aromatic N) is 1. The van der Waals surface area contributed by atoms with E-state index in [9.17, 15) is 9.90 Å². The lowest BCUT2D eigenvalue weighted by atomic mass is 9.93. The van der Waals surface area contributed by atoms with Gasteiger partial charge in [-0.2, -0.15) is 0 Å². The van der Waals surface area contributed by atoms with Gasteiger partial charge in [0.15, 0.2) is 0 Å². The van der Waals surface area contributed by atoms with Gasteiger partial charge in [0.25, 0.3) is 0 Å². The first-order valence-electron chi connectivity index (χ1n) is 12.5. The number of aliphatic carboxylic acids is 1. The monoisotopic (exact) mass is 477 g/mol. The molecule has 1 saturated carbocycles. The highest BCUT2D eigenvalue weighted by molar-refractivity contribution is 5.67. The molecule has 1 heterocycles. The highest BCUT2D eigenvalue weighted by Crippen LogP contribution is 2.37. The van der Waals surface area contributed by atoms with Crippen molar-refractivity contribution in [3.63, 3.8) is 0 Å². The Balaban J connectivity index is 1.38. The van der Waals surface area contributed by atoms with Gasteiger partial charge in [0.05, 0.1) is 38.4 Å². The third kappa shape index (κ3) is 7.16. The van der Waals surface area contributed by atoms with Crippen LogP contribution in [0.5, 0.6) is 0 Å². The summed E-state index contributed by atoms with van der Waals surface area (Å²) in [7, 11) is 0. The van der Waals surface area contributed by atoms with Crippen molar-refractivity contribution in [3.05, 3.63) is 60.2 Å². The van der Waals surface area contributed by atoms with Gasteiger partial charge in [0.1, 0.15) is 0 Å². The van der Waals surface area contributed by atoms with Crippen molar-refractivity contribution in [2.24, 2.45) is 5.92 Å². The molecule has 0 aromatic heterocycles. The Morgan fingerprint density at radius 2 is 1.69 bits per heavy atom. The van der Waals surface area contributed by atoms with Crippen molar-refractivity contribution in [1.29, 1.82) is 0 Å². The molecule has 0 radical (unpaired) electrons. The molecule has 0 spiro atoms. The molecule has 2 aromatic carbocycles. The van der Waals surface area contributed by atoms with Crippen LogP contribution in [0.15, 0.2) is 54.6 Å². The van der Waals surface area contributed by atoms with Crippen LogP contribution in [0, 0.1) is 17.8 Å². The molecule has 1 saturated heterocycles. The molecule has 186 valence electrons. The normalized spacial score (nSPS) is 24.6. The standard InChI is InChI=1S/C29H35NO5/c31-26-20-27(35-21-22-12-14-24(15-13-22)23-8-4-3-5-9-23)25(10-6-1-2-7-11-28(32)33)29(26)30-16-18-34-19-17-30/h3-5,8-9,12-15,25-27,29,31H,6-7,10-11,16-21H2,(H,32,33)/t25-,26+,27-,29+/m0/s1. The lowest BCUT2D eigenvalue weighted by Gasteiger charge is -2.37. The molecule has 2 fully saturated rings. The molecule has 0 amide bonds. The topological polar surface area (TPSA) is 79.2 Å². The molecule has 6 nitrogen and oxygen atoms in total. The van der Waals surface area contributed by atoms with Gasteiger partial charge < -0.3 is 19.7 Å². The Labute approximate surface area is 207 Å². The summed E-state index contributed by atoms with van der Waals surface area (Å²) in [5, 5.41) is 19.8. The first-order chi connectivity index (χ1) is 17.1. The van der Waals surface area contributed by atoms with Gasteiger partial charge in [-0.05, 0) is 23.1 Å². The van der Waals surface area contributed by atoms with Crippen LogP contribution in [0.3, 0.4) is 0 Å². The van der Waals surface area contributed by atoms with E-state index >= 15 is 0 Å². The number of ether oxygens (including phenoxy) is 2. The highest BCUT2D eigenvalue weighted by atomic mass is 16.5. The molecule has 2 aromatic rings. The van der Waals surface area contributed by atoms with Crippen molar-refractivity contribution in [1.82, 2.24) is 4.90 Å². The number of benzene rings is 2. The molecule has 6 heteroatoms. The van der Waals surface area contributed by atoms with E-state index in [0.717, 1.165) is 25.1 Å². The minimum atomic E-state index is -0.823. The third-order valence-electron chi connectivity index (χ3n) is 6.97. The maximum absolute atomic E-state index is 11.0. The summed E-state index contributed by atoms with van der Waals surface area (Å²) < 4.78 is 11.9. The Morgan fingerprint density at radius 3 is 2.40 bits per heavy atom. The van der Waals surface area contributed by atoms with Gasteiger partial charge in [-0.1, -0.05) is 54.6 Å². The molecule has 0 bridgehead atoms. The second-order valence-corrected chi connectivity index (χ2v) is 9.30. The summed E-state index contributed by atoms with van der Waals surface area (Å²) in [6.07, 6.45) is 2.05. The van der Waals surface area contributed by atoms with E-state index < -0.39 is 12.1 Å². The van der Waals surface area contributed by atoms with Gasteiger partial charge in [-0.15, -0.1) is 11.8 Å². The van der Waals surface area contributed by atoms with Gasteiger partial charge in [-0.3, -0.25) is 9.69 Å². The van der Waals surface area contributed by atoms with Crippen LogP contribution < -0.4 is 0 Å². The quantitative estimate of drug-likeness (QED) is 0.532. The van der Waals surface area contributed by atoms with E-state index in [1.54, 1.807) is 0 Å². The van der Waals surface area contributed by atoms with Crippen molar-refractivity contribution in [3.8, 4) is 23.0 Å². The fourth-order valence-corrected chi connectivity index (χ4v) is 5.21. The summed E-state index contributed by atoms with van der Waals surface area (Å²) in [5.41, 5.74) is 3.48. The predicted molar refractivity (Wildman–Crippen MR) is 135 cm³/mol. The molecule has 4 rings (SSSR count). The number of hydrogen-bond acceptors (Lipinski definition) is 5. The maximum Gasteiger partial charge on any atom is 0.304 e. The molecular formula is C29H35NO5. The summed E-state index contributed by atoms with van der Waals surface area (Å²) in [6.45, 7) is 3.50. The Morgan fingerprint density at radius 1 is 1.00 bits per heavy atom. The van der Waals surface area contributed by atoms with Crippen LogP contribution in [-0.2, 0) is 20.9 Å². The van der Waals surface area contributed by atoms with Gasteiger partial charge in [-0.25, -0.2) is 0 Å². The van der Waals surface area contributed by atoms with Crippen LogP contribution in [-0.4, -0.2) is 65.6 Å². The third-order valence-corrected chi connectivity index (χ3v) is 6.97. The number of aliphatic hydroxyl groups is 1. The maximum atomic E-state index is 11.0. The zero-order valence-electron chi connectivity index (χ0n) is 20.1. The second kappa shape index (κ2) is 12.9. The molecule has 1 aliphatic heterocycles. The molecule has 1 aliphatic carbocycles. The first kappa shape index (κ1) is 25.4. The van der Waals surface area contributed by atoms with Crippen LogP contribution >= 0.6 is 0 Å². The van der Waals surface area contributed by atoms with Crippen LogP contribution in [0.4, 0.5) is 0 Å². The van der Waals surface area contributed by atoms with E-state index in [-0.39, 0.29) is 24.5 Å². The molecule has 35 heavy (non-hydrogen) atoms. The van der Waals surface area contributed by atoms with Crippen molar-refractivity contribution in [2.75, 3.05) is 26.3 Å². The number of rotatable bonds is 9. The number of carbonyl (C=O) groups is 1. The van der Waals surface area contributed by atoms with Gasteiger partial charge >= 0.3 is 5.97 Å². The van der Waals surface area contributed by atoms with Crippen LogP contribution in [0.25, 0.3) is 11.1 Å². The SMILES string of the molecule is O=C(O)CCC#CCC[C@@H]1[C@@H](N2CCOCC2)[C@H](O)C[C@@H]1OCc1ccc(-c2ccccc2)cc1. The lowest BCUT2D eigenvalue weighted by molar-refractivity contribution is -0.136. The number of hydrogen-bond donors (Lipinski definition) is 2. The van der Waals surface area contributed by atoms with Crippen molar-refractivity contribution >= 4 is 5.97 Å². The van der Waals surface area contributed by atoms with Crippen molar-refractivity contribution < 1.29 is 24.5 Å². The van der Waals surface area contributed by atoms with Gasteiger partial charge in [0.2, 0.25) is 0 Å². The molecule has 0 unspecified atom stereocenters. The van der Waals surface area contributed by atoms with E-state index in [1.807, 2.05) is 18.2 Å². The van der Waals surface area contributed by atoms with E-state index in [4.69, 9.17) is 14.6 Å². The average Bonchev–Trinajstić information content (AvgIpc) is 3.20. The van der Waals surface area contributed by atoms with E-state index in [1.165, 1.54) is 11.1 Å². The average molecular weight is 478 g/mol. The minimum Gasteiger partial charge on any atom is -0.481 e. The summed E-state index contributed by atoms with van der Waals surface area (Å²) in [6, 6.07) is 18.8. The molecular weight excluding hydrogens is 442 g/mol.